The first kappa shape index (κ1) is 18.3. The molecule has 0 aliphatic carbocycles. The Kier molecular flexibility index (Phi) is 7.77. The zero-order valence-corrected chi connectivity index (χ0v) is 13.6. The van der Waals surface area contributed by atoms with E-state index in [4.69, 9.17) is 9.47 Å². The van der Waals surface area contributed by atoms with Crippen molar-refractivity contribution in [1.82, 2.24) is 10.6 Å². The zero-order valence-electron chi connectivity index (χ0n) is 12.8. The maximum Gasteiger partial charge on any atom is 0.251 e. The first-order chi connectivity index (χ1) is 10.2. The standard InChI is InChI=1S/C16H22N2O3.ClH/c1-3-9-21-14-7-6-12(10-15(14)20-2)16(19)18-11-13-5-4-8-17-13;/h3,6-7,10,13,17H,1,4-5,8-9,11H2,2H3,(H,18,19);1H. The first-order valence-corrected chi connectivity index (χ1v) is 7.18. The van der Waals surface area contributed by atoms with E-state index in [0.29, 0.717) is 36.3 Å². The fraction of sp³-hybridized carbons (Fsp3) is 0.438. The Balaban J connectivity index is 0.00000242. The van der Waals surface area contributed by atoms with Crippen LogP contribution >= 0.6 is 12.4 Å². The average Bonchev–Trinajstić information content (AvgIpc) is 3.03. The summed E-state index contributed by atoms with van der Waals surface area (Å²) in [6, 6.07) is 5.55. The van der Waals surface area contributed by atoms with E-state index in [2.05, 4.69) is 17.2 Å². The van der Waals surface area contributed by atoms with Crippen LogP contribution in [0.15, 0.2) is 30.9 Å². The van der Waals surface area contributed by atoms with Gasteiger partial charge in [0.15, 0.2) is 11.5 Å². The third-order valence-corrected chi connectivity index (χ3v) is 3.45. The molecule has 5 nitrogen and oxygen atoms in total. The Morgan fingerprint density at radius 1 is 1.50 bits per heavy atom. The Bertz CT molecular complexity index is 502. The van der Waals surface area contributed by atoms with E-state index in [0.717, 1.165) is 13.0 Å². The van der Waals surface area contributed by atoms with Gasteiger partial charge in [-0.15, -0.1) is 12.4 Å². The van der Waals surface area contributed by atoms with Gasteiger partial charge in [-0.05, 0) is 37.6 Å². The summed E-state index contributed by atoms with van der Waals surface area (Å²) >= 11 is 0. The number of carbonyl (C=O) groups is 1. The maximum atomic E-state index is 12.1. The van der Waals surface area contributed by atoms with Crippen LogP contribution in [0.2, 0.25) is 0 Å². The lowest BCUT2D eigenvalue weighted by Crippen LogP contribution is -2.37. The molecule has 0 saturated carbocycles. The van der Waals surface area contributed by atoms with Gasteiger partial charge >= 0.3 is 0 Å². The van der Waals surface area contributed by atoms with Crippen molar-refractivity contribution in [2.24, 2.45) is 0 Å². The van der Waals surface area contributed by atoms with E-state index in [1.54, 1.807) is 31.4 Å². The lowest BCUT2D eigenvalue weighted by molar-refractivity contribution is 0.0950. The second-order valence-electron chi connectivity index (χ2n) is 4.97. The van der Waals surface area contributed by atoms with Gasteiger partial charge in [-0.1, -0.05) is 12.7 Å². The van der Waals surface area contributed by atoms with E-state index >= 15 is 0 Å². The summed E-state index contributed by atoms with van der Waals surface area (Å²) in [6.45, 7) is 5.68. The van der Waals surface area contributed by atoms with Crippen LogP contribution in [-0.4, -0.2) is 38.8 Å². The largest absolute Gasteiger partial charge is 0.493 e. The van der Waals surface area contributed by atoms with Crippen molar-refractivity contribution in [3.05, 3.63) is 36.4 Å². The fourth-order valence-electron chi connectivity index (χ4n) is 2.33. The van der Waals surface area contributed by atoms with Gasteiger partial charge in [-0.25, -0.2) is 0 Å². The summed E-state index contributed by atoms with van der Waals surface area (Å²) in [4.78, 5) is 12.1. The predicted octanol–water partition coefficient (Wildman–Crippen LogP) is 2.16. The number of nitrogens with one attached hydrogen (secondary N) is 2. The topological polar surface area (TPSA) is 59.6 Å². The summed E-state index contributed by atoms with van der Waals surface area (Å²) in [5.74, 6) is 1.05. The summed E-state index contributed by atoms with van der Waals surface area (Å²) in [5.41, 5.74) is 0.566. The average molecular weight is 327 g/mol. The molecule has 1 aliphatic rings. The van der Waals surface area contributed by atoms with Gasteiger partial charge in [-0.3, -0.25) is 4.79 Å². The molecule has 1 amide bonds. The molecule has 0 spiro atoms. The smallest absolute Gasteiger partial charge is 0.251 e. The van der Waals surface area contributed by atoms with E-state index < -0.39 is 0 Å². The van der Waals surface area contributed by atoms with E-state index in [-0.39, 0.29) is 18.3 Å². The molecule has 6 heteroatoms. The van der Waals surface area contributed by atoms with Crippen molar-refractivity contribution in [2.75, 3.05) is 26.8 Å². The summed E-state index contributed by atoms with van der Waals surface area (Å²) in [6.07, 6.45) is 3.94. The number of ether oxygens (including phenoxy) is 2. The van der Waals surface area contributed by atoms with E-state index in [1.165, 1.54) is 6.42 Å². The molecule has 22 heavy (non-hydrogen) atoms. The molecule has 1 aliphatic heterocycles. The lowest BCUT2D eigenvalue weighted by atomic mass is 10.1. The number of hydrogen-bond donors (Lipinski definition) is 2. The molecule has 2 rings (SSSR count). The third-order valence-electron chi connectivity index (χ3n) is 3.45. The maximum absolute atomic E-state index is 12.1. The second-order valence-corrected chi connectivity index (χ2v) is 4.97. The molecule has 1 aromatic rings. The molecule has 1 atom stereocenters. The van der Waals surface area contributed by atoms with Crippen LogP contribution in [0.5, 0.6) is 11.5 Å². The SMILES string of the molecule is C=CCOc1ccc(C(=O)NCC2CCCN2)cc1OC.Cl. The number of amides is 1. The van der Waals surface area contributed by atoms with Crippen LogP contribution in [0.4, 0.5) is 0 Å². The highest BCUT2D eigenvalue weighted by molar-refractivity contribution is 5.94. The normalized spacial score (nSPS) is 16.5. The molecule has 0 radical (unpaired) electrons. The highest BCUT2D eigenvalue weighted by Crippen LogP contribution is 2.28. The monoisotopic (exact) mass is 326 g/mol. The summed E-state index contributed by atoms with van der Waals surface area (Å²) in [5, 5.41) is 6.29. The van der Waals surface area contributed by atoms with Crippen molar-refractivity contribution in [1.29, 1.82) is 0 Å². The van der Waals surface area contributed by atoms with Gasteiger partial charge in [0.25, 0.3) is 5.91 Å². The molecular formula is C16H23ClN2O3. The van der Waals surface area contributed by atoms with Gasteiger partial charge in [0.1, 0.15) is 6.61 Å². The van der Waals surface area contributed by atoms with Gasteiger partial charge < -0.3 is 20.1 Å². The van der Waals surface area contributed by atoms with Crippen LogP contribution in [0, 0.1) is 0 Å². The Morgan fingerprint density at radius 2 is 2.32 bits per heavy atom. The first-order valence-electron chi connectivity index (χ1n) is 7.18. The van der Waals surface area contributed by atoms with Gasteiger partial charge in [0, 0.05) is 18.2 Å². The van der Waals surface area contributed by atoms with Crippen LogP contribution in [-0.2, 0) is 0 Å². The van der Waals surface area contributed by atoms with Gasteiger partial charge in [0.05, 0.1) is 7.11 Å². The van der Waals surface area contributed by atoms with Gasteiger partial charge in [-0.2, -0.15) is 0 Å². The lowest BCUT2D eigenvalue weighted by Gasteiger charge is -2.13. The predicted molar refractivity (Wildman–Crippen MR) is 89.3 cm³/mol. The van der Waals surface area contributed by atoms with Crippen LogP contribution in [0.1, 0.15) is 23.2 Å². The van der Waals surface area contributed by atoms with Crippen molar-refractivity contribution in [2.45, 2.75) is 18.9 Å². The van der Waals surface area contributed by atoms with Crippen LogP contribution < -0.4 is 20.1 Å². The molecule has 1 heterocycles. The minimum Gasteiger partial charge on any atom is -0.493 e. The van der Waals surface area contributed by atoms with Gasteiger partial charge in [0.2, 0.25) is 0 Å². The molecule has 122 valence electrons. The number of halogens is 1. The Morgan fingerprint density at radius 3 is 2.95 bits per heavy atom. The van der Waals surface area contributed by atoms with Crippen molar-refractivity contribution in [3.8, 4) is 11.5 Å². The van der Waals surface area contributed by atoms with Crippen molar-refractivity contribution >= 4 is 18.3 Å². The summed E-state index contributed by atoms with van der Waals surface area (Å²) < 4.78 is 10.7. The zero-order chi connectivity index (χ0) is 15.1. The molecule has 0 bridgehead atoms. The molecule has 1 fully saturated rings. The van der Waals surface area contributed by atoms with Crippen molar-refractivity contribution < 1.29 is 14.3 Å². The Hall–Kier alpha value is -1.72. The molecule has 1 saturated heterocycles. The molecule has 0 aromatic heterocycles. The quantitative estimate of drug-likeness (QED) is 0.754. The minimum absolute atomic E-state index is 0. The molecular weight excluding hydrogens is 304 g/mol. The number of hydrogen-bond acceptors (Lipinski definition) is 4. The highest BCUT2D eigenvalue weighted by atomic mass is 35.5. The number of benzene rings is 1. The van der Waals surface area contributed by atoms with Crippen LogP contribution in [0.25, 0.3) is 0 Å². The number of methoxy groups -OCH3 is 1. The Labute approximate surface area is 137 Å². The number of carbonyl (C=O) groups excluding carboxylic acids is 1. The van der Waals surface area contributed by atoms with E-state index in [1.807, 2.05) is 0 Å². The highest BCUT2D eigenvalue weighted by Gasteiger charge is 2.16. The summed E-state index contributed by atoms with van der Waals surface area (Å²) in [7, 11) is 1.56. The van der Waals surface area contributed by atoms with E-state index in [9.17, 15) is 4.79 Å². The molecule has 2 N–H and O–H groups in total. The molecule has 1 unspecified atom stereocenters. The number of rotatable bonds is 7. The molecule has 1 aromatic carbocycles. The van der Waals surface area contributed by atoms with Crippen molar-refractivity contribution in [3.63, 3.8) is 0 Å². The second kappa shape index (κ2) is 9.33. The minimum atomic E-state index is -0.0997. The third kappa shape index (κ3) is 4.93. The fourth-order valence-corrected chi connectivity index (χ4v) is 2.33. The van der Waals surface area contributed by atoms with Crippen LogP contribution in [0.3, 0.4) is 0 Å².